The molecule has 0 atom stereocenters. The molecule has 0 radical (unpaired) electrons. The molecule has 0 unspecified atom stereocenters. The number of aryl methyl sites for hydroxylation is 1. The van der Waals surface area contributed by atoms with E-state index >= 15 is 0 Å². The topological polar surface area (TPSA) is 86.7 Å². The van der Waals surface area contributed by atoms with Gasteiger partial charge in [-0.1, -0.05) is 0 Å². The fourth-order valence-corrected chi connectivity index (χ4v) is 1.75. The van der Waals surface area contributed by atoms with Crippen LogP contribution < -0.4 is 0 Å². The SMILES string of the molecule is Cc1[nH]c(=S)n(-c2ccn[nH]2)c1C(=O)O. The van der Waals surface area contributed by atoms with E-state index in [1.54, 1.807) is 13.0 Å². The quantitative estimate of drug-likeness (QED) is 0.670. The van der Waals surface area contributed by atoms with Crippen LogP contribution in [0.25, 0.3) is 5.82 Å². The minimum atomic E-state index is -1.03. The number of H-pyrrole nitrogens is 2. The van der Waals surface area contributed by atoms with Crippen LogP contribution in [0.3, 0.4) is 0 Å². The van der Waals surface area contributed by atoms with Crippen molar-refractivity contribution in [3.63, 3.8) is 0 Å². The first-order valence-corrected chi connectivity index (χ1v) is 4.56. The van der Waals surface area contributed by atoms with Gasteiger partial charge in [0.05, 0.1) is 6.20 Å². The highest BCUT2D eigenvalue weighted by molar-refractivity contribution is 7.71. The van der Waals surface area contributed by atoms with E-state index < -0.39 is 5.97 Å². The van der Waals surface area contributed by atoms with Gasteiger partial charge in [0, 0.05) is 11.8 Å². The molecule has 78 valence electrons. The number of nitrogens with zero attached hydrogens (tertiary/aromatic N) is 2. The molecule has 0 aromatic carbocycles. The van der Waals surface area contributed by atoms with Crippen molar-refractivity contribution in [1.29, 1.82) is 0 Å². The van der Waals surface area contributed by atoms with Crippen LogP contribution in [0, 0.1) is 11.7 Å². The molecule has 2 aromatic rings. The lowest BCUT2D eigenvalue weighted by molar-refractivity contribution is 0.0687. The minimum absolute atomic E-state index is 0.115. The standard InChI is InChI=1S/C8H8N4O2S/c1-4-6(7(13)14)12(8(15)10-4)5-2-3-9-11-5/h2-3H,1H3,(H,9,11)(H,10,15)(H,13,14). The van der Waals surface area contributed by atoms with Gasteiger partial charge in [-0.2, -0.15) is 5.10 Å². The Bertz CT molecular complexity index is 552. The average Bonchev–Trinajstić information content (AvgIpc) is 2.71. The van der Waals surface area contributed by atoms with E-state index in [4.69, 9.17) is 17.3 Å². The highest BCUT2D eigenvalue weighted by atomic mass is 32.1. The molecule has 0 aliphatic rings. The fraction of sp³-hybridized carbons (Fsp3) is 0.125. The number of carboxylic acid groups (broad SMARTS) is 1. The Morgan fingerprint density at radius 1 is 1.67 bits per heavy atom. The molecule has 0 amide bonds. The molecule has 15 heavy (non-hydrogen) atoms. The van der Waals surface area contributed by atoms with Crippen molar-refractivity contribution in [2.75, 3.05) is 0 Å². The van der Waals surface area contributed by atoms with E-state index in [9.17, 15) is 4.79 Å². The number of imidazole rings is 1. The van der Waals surface area contributed by atoms with E-state index in [0.717, 1.165) is 0 Å². The second-order valence-corrected chi connectivity index (χ2v) is 3.37. The Labute approximate surface area is 89.6 Å². The van der Waals surface area contributed by atoms with E-state index in [1.165, 1.54) is 10.8 Å². The van der Waals surface area contributed by atoms with Gasteiger partial charge >= 0.3 is 5.97 Å². The predicted octanol–water partition coefficient (Wildman–Crippen LogP) is 1.26. The molecule has 0 aliphatic heterocycles. The van der Waals surface area contributed by atoms with Gasteiger partial charge < -0.3 is 10.1 Å². The predicted molar refractivity (Wildman–Crippen MR) is 54.8 cm³/mol. The molecule has 2 aromatic heterocycles. The molecule has 0 saturated carbocycles. The summed E-state index contributed by atoms with van der Waals surface area (Å²) in [6.45, 7) is 1.66. The Morgan fingerprint density at radius 2 is 2.40 bits per heavy atom. The third-order valence-electron chi connectivity index (χ3n) is 2.01. The number of hydrogen-bond donors (Lipinski definition) is 3. The fourth-order valence-electron chi connectivity index (χ4n) is 1.40. The number of aromatic carboxylic acids is 1. The Balaban J connectivity index is 2.76. The summed E-state index contributed by atoms with van der Waals surface area (Å²) in [4.78, 5) is 13.8. The van der Waals surface area contributed by atoms with Crippen LogP contribution in [-0.4, -0.2) is 30.8 Å². The third-order valence-corrected chi connectivity index (χ3v) is 2.29. The zero-order valence-electron chi connectivity index (χ0n) is 7.81. The molecule has 0 fully saturated rings. The van der Waals surface area contributed by atoms with Crippen LogP contribution in [-0.2, 0) is 0 Å². The van der Waals surface area contributed by atoms with Crippen LogP contribution in [0.4, 0.5) is 0 Å². The van der Waals surface area contributed by atoms with E-state index in [1.807, 2.05) is 0 Å². The van der Waals surface area contributed by atoms with Crippen molar-refractivity contribution in [3.05, 3.63) is 28.4 Å². The number of nitrogens with one attached hydrogen (secondary N) is 2. The molecule has 6 nitrogen and oxygen atoms in total. The molecule has 0 bridgehead atoms. The van der Waals surface area contributed by atoms with Crippen molar-refractivity contribution in [2.24, 2.45) is 0 Å². The first kappa shape index (κ1) is 9.66. The second kappa shape index (κ2) is 3.35. The third kappa shape index (κ3) is 1.46. The van der Waals surface area contributed by atoms with Gasteiger partial charge in [0.2, 0.25) is 0 Å². The Hall–Kier alpha value is -1.89. The zero-order chi connectivity index (χ0) is 11.0. The van der Waals surface area contributed by atoms with Crippen molar-refractivity contribution in [2.45, 2.75) is 6.92 Å². The lowest BCUT2D eigenvalue weighted by Gasteiger charge is -2.01. The number of aromatic nitrogens is 4. The molecule has 7 heteroatoms. The Morgan fingerprint density at radius 3 is 2.93 bits per heavy atom. The van der Waals surface area contributed by atoms with Crippen molar-refractivity contribution >= 4 is 18.2 Å². The highest BCUT2D eigenvalue weighted by Crippen LogP contribution is 2.13. The molecule has 0 aliphatic carbocycles. The molecule has 2 heterocycles. The summed E-state index contributed by atoms with van der Waals surface area (Å²) in [5.74, 6) is -0.504. The largest absolute Gasteiger partial charge is 0.477 e. The van der Waals surface area contributed by atoms with Crippen molar-refractivity contribution in [3.8, 4) is 5.82 Å². The van der Waals surface area contributed by atoms with Gasteiger partial charge in [0.25, 0.3) is 0 Å². The zero-order valence-corrected chi connectivity index (χ0v) is 8.63. The van der Waals surface area contributed by atoms with Crippen molar-refractivity contribution in [1.82, 2.24) is 19.7 Å². The lowest BCUT2D eigenvalue weighted by atomic mass is 10.3. The summed E-state index contributed by atoms with van der Waals surface area (Å²) < 4.78 is 1.73. The first-order chi connectivity index (χ1) is 7.11. The first-order valence-electron chi connectivity index (χ1n) is 4.16. The molecule has 2 rings (SSSR count). The molecule has 3 N–H and O–H groups in total. The van der Waals surface area contributed by atoms with Crippen molar-refractivity contribution < 1.29 is 9.90 Å². The van der Waals surface area contributed by atoms with E-state index in [0.29, 0.717) is 16.3 Å². The summed E-state index contributed by atoms with van der Waals surface area (Å²) in [7, 11) is 0. The number of carboxylic acids is 1. The van der Waals surface area contributed by atoms with Crippen LogP contribution >= 0.6 is 12.2 Å². The van der Waals surface area contributed by atoms with Gasteiger partial charge in [-0.05, 0) is 19.1 Å². The summed E-state index contributed by atoms with van der Waals surface area (Å²) in [6, 6.07) is 1.65. The van der Waals surface area contributed by atoms with Gasteiger partial charge in [-0.3, -0.25) is 9.67 Å². The number of hydrogen-bond acceptors (Lipinski definition) is 3. The monoisotopic (exact) mass is 224 g/mol. The maximum atomic E-state index is 11.0. The maximum absolute atomic E-state index is 11.0. The second-order valence-electron chi connectivity index (χ2n) is 2.99. The van der Waals surface area contributed by atoms with Gasteiger partial charge in [-0.15, -0.1) is 0 Å². The number of carbonyl (C=O) groups is 1. The minimum Gasteiger partial charge on any atom is -0.477 e. The van der Waals surface area contributed by atoms with E-state index in [-0.39, 0.29) is 5.69 Å². The smallest absolute Gasteiger partial charge is 0.354 e. The highest BCUT2D eigenvalue weighted by Gasteiger charge is 2.17. The van der Waals surface area contributed by atoms with Crippen LogP contribution in [0.1, 0.15) is 16.2 Å². The average molecular weight is 224 g/mol. The van der Waals surface area contributed by atoms with E-state index in [2.05, 4.69) is 15.2 Å². The molecular weight excluding hydrogens is 216 g/mol. The molecular formula is C8H8N4O2S. The van der Waals surface area contributed by atoms with Crippen LogP contribution in [0.5, 0.6) is 0 Å². The number of aromatic amines is 2. The number of rotatable bonds is 2. The Kier molecular flexibility index (Phi) is 2.16. The molecule has 0 saturated heterocycles. The summed E-state index contributed by atoms with van der Waals surface area (Å²) in [5, 5.41) is 15.5. The summed E-state index contributed by atoms with van der Waals surface area (Å²) in [6.07, 6.45) is 1.53. The van der Waals surface area contributed by atoms with Crippen LogP contribution in [0.15, 0.2) is 12.3 Å². The maximum Gasteiger partial charge on any atom is 0.354 e. The summed E-state index contributed by atoms with van der Waals surface area (Å²) >= 11 is 5.02. The van der Waals surface area contributed by atoms with Gasteiger partial charge in [0.1, 0.15) is 5.82 Å². The molecule has 0 spiro atoms. The normalized spacial score (nSPS) is 10.5. The van der Waals surface area contributed by atoms with Gasteiger partial charge in [-0.25, -0.2) is 4.79 Å². The summed E-state index contributed by atoms with van der Waals surface area (Å²) in [5.41, 5.74) is 0.631. The van der Waals surface area contributed by atoms with Gasteiger partial charge in [0.15, 0.2) is 10.5 Å². The lowest BCUT2D eigenvalue weighted by Crippen LogP contribution is -2.08. The van der Waals surface area contributed by atoms with Crippen LogP contribution in [0.2, 0.25) is 0 Å².